The van der Waals surface area contributed by atoms with Crippen LogP contribution < -0.4 is 0 Å². The van der Waals surface area contributed by atoms with Gasteiger partial charge < -0.3 is 63.2 Å². The molecule has 1 unspecified atom stereocenters. The van der Waals surface area contributed by atoms with Gasteiger partial charge in [-0.15, -0.1) is 0 Å². The van der Waals surface area contributed by atoms with Gasteiger partial charge in [-0.3, -0.25) is 14.4 Å². The number of methoxy groups -OCH3 is 1. The highest BCUT2D eigenvalue weighted by atomic mass is 16.9. The summed E-state index contributed by atoms with van der Waals surface area (Å²) in [6.45, 7) is 15.9. The molecule has 4 aliphatic heterocycles. The first kappa shape index (κ1) is 46.9. The SMILES string of the molecule is CCC(=O)O[C@H]1[C@H](OC2[C@@H](C)[C@@H]3O[C@]4(C[C@@](C)(OC)[C@@H](O)[C@H](C)O4)OCC[C@@H](OC(=O)[C@@H]3C)[C@@](C)(O)[C@H](O)[C@@H](C)C(=O)[C@H](C)C[C@@]2(C)O)O[C@H](C)C[C@@H]1N(C)C. The molecular formula is C40H69NO15. The number of carbonyl (C=O) groups is 3. The second kappa shape index (κ2) is 17.8. The van der Waals surface area contributed by atoms with E-state index in [1.54, 1.807) is 41.5 Å². The maximum Gasteiger partial charge on any atom is 0.311 e. The van der Waals surface area contributed by atoms with Crippen LogP contribution in [0.4, 0.5) is 0 Å². The molecule has 4 heterocycles. The number of carbonyl (C=O) groups excluding carboxylic acids is 3. The molecule has 4 rings (SSSR count). The number of hydrogen-bond acceptors (Lipinski definition) is 16. The lowest BCUT2D eigenvalue weighted by Crippen LogP contribution is -2.65. The van der Waals surface area contributed by atoms with E-state index >= 15 is 0 Å². The van der Waals surface area contributed by atoms with Crippen molar-refractivity contribution in [3.8, 4) is 0 Å². The van der Waals surface area contributed by atoms with E-state index in [9.17, 15) is 34.8 Å². The predicted molar refractivity (Wildman–Crippen MR) is 200 cm³/mol. The van der Waals surface area contributed by atoms with Crippen LogP contribution in [0.3, 0.4) is 0 Å². The molecule has 4 fully saturated rings. The van der Waals surface area contributed by atoms with Crippen LogP contribution in [0, 0.1) is 23.7 Å². The van der Waals surface area contributed by atoms with Crippen molar-refractivity contribution in [1.82, 2.24) is 4.90 Å². The molecule has 18 atom stereocenters. The number of likely N-dealkylation sites (N-methyl/N-ethyl adjacent to an activating group) is 1. The molecule has 0 aromatic rings. The Balaban J connectivity index is 1.95. The zero-order valence-electron chi connectivity index (χ0n) is 35.6. The summed E-state index contributed by atoms with van der Waals surface area (Å²) in [5, 5.41) is 47.3. The van der Waals surface area contributed by atoms with Crippen LogP contribution in [0.2, 0.25) is 0 Å². The van der Waals surface area contributed by atoms with E-state index < -0.39 is 113 Å². The Bertz CT molecular complexity index is 1380. The minimum atomic E-state index is -2.12. The van der Waals surface area contributed by atoms with Crippen LogP contribution in [-0.2, 0) is 52.3 Å². The van der Waals surface area contributed by atoms with Gasteiger partial charge in [-0.05, 0) is 68.5 Å². The molecule has 0 amide bonds. The van der Waals surface area contributed by atoms with Gasteiger partial charge in [0.2, 0.25) is 0 Å². The van der Waals surface area contributed by atoms with Gasteiger partial charge in [-0.1, -0.05) is 27.7 Å². The average molecular weight is 804 g/mol. The second-order valence-electron chi connectivity index (χ2n) is 17.7. The number of Topliss-reactive ketones (excluding diaryl/α,β-unsaturated/α-hetero) is 1. The molecular weight excluding hydrogens is 734 g/mol. The van der Waals surface area contributed by atoms with Crippen molar-refractivity contribution in [3.63, 3.8) is 0 Å². The zero-order valence-corrected chi connectivity index (χ0v) is 35.6. The lowest BCUT2D eigenvalue weighted by atomic mass is 9.74. The van der Waals surface area contributed by atoms with E-state index in [-0.39, 0.29) is 44.4 Å². The summed E-state index contributed by atoms with van der Waals surface area (Å²) in [6.07, 6.45) is -9.95. The van der Waals surface area contributed by atoms with Gasteiger partial charge in [-0.25, -0.2) is 0 Å². The lowest BCUT2D eigenvalue weighted by molar-refractivity contribution is -0.455. The van der Waals surface area contributed by atoms with Gasteiger partial charge in [-0.2, -0.15) is 0 Å². The maximum absolute atomic E-state index is 14.3. The number of nitrogens with zero attached hydrogens (tertiary/aromatic N) is 1. The smallest absolute Gasteiger partial charge is 0.311 e. The number of ether oxygens (including phenoxy) is 8. The third-order valence-electron chi connectivity index (χ3n) is 12.7. The molecule has 1 spiro atoms. The van der Waals surface area contributed by atoms with Crippen LogP contribution in [0.25, 0.3) is 0 Å². The molecule has 2 bridgehead atoms. The number of aliphatic hydroxyl groups is 4. The van der Waals surface area contributed by atoms with Gasteiger partial charge in [0.25, 0.3) is 5.97 Å². The summed E-state index contributed by atoms with van der Waals surface area (Å²) < 4.78 is 50.6. The minimum Gasteiger partial charge on any atom is -0.459 e. The topological polar surface area (TPSA) is 209 Å². The zero-order chi connectivity index (χ0) is 42.3. The molecule has 56 heavy (non-hydrogen) atoms. The summed E-state index contributed by atoms with van der Waals surface area (Å²) in [5.41, 5.74) is -5.25. The minimum absolute atomic E-state index is 0.0964. The van der Waals surface area contributed by atoms with Crippen molar-refractivity contribution >= 4 is 17.7 Å². The van der Waals surface area contributed by atoms with E-state index in [0.29, 0.717) is 6.42 Å². The summed E-state index contributed by atoms with van der Waals surface area (Å²) in [5.74, 6) is -7.81. The fraction of sp³-hybridized carbons (Fsp3) is 0.925. The van der Waals surface area contributed by atoms with Crippen molar-refractivity contribution in [2.24, 2.45) is 23.7 Å². The van der Waals surface area contributed by atoms with Gasteiger partial charge in [0, 0.05) is 37.7 Å². The Morgan fingerprint density at radius 1 is 0.964 bits per heavy atom. The van der Waals surface area contributed by atoms with Crippen LogP contribution in [0.1, 0.15) is 101 Å². The molecule has 324 valence electrons. The fourth-order valence-corrected chi connectivity index (χ4v) is 9.14. The predicted octanol–water partition coefficient (Wildman–Crippen LogP) is 2.08. The normalized spacial score (nSPS) is 48.8. The molecule has 0 aliphatic carbocycles. The standard InChI is InChI=1S/C40H69NO15/c1-14-28(42)53-31-26(41(11)12)17-21(3)51-36(31)54-34-23(5)30-24(6)35(46)52-27(39(10,48)32(44)22(4)29(43)20(2)18-37(34,8)47)15-16-50-40(56-30)19-38(9,49-13)33(45)25(7)55-40/h20-27,30-34,36,44-45,47-48H,14-19H2,1-13H3/t20-,21-,22+,23+,24-,25+,26+,27-,30+,31-,32-,33+,34?,36+,37-,38-,39-,40-/m1/s1. The fourth-order valence-electron chi connectivity index (χ4n) is 9.14. The van der Waals surface area contributed by atoms with Crippen molar-refractivity contribution in [2.45, 2.75) is 185 Å². The van der Waals surface area contributed by atoms with E-state index in [1.165, 1.54) is 27.9 Å². The first-order valence-electron chi connectivity index (χ1n) is 20.1. The third kappa shape index (κ3) is 9.62. The molecule has 0 aromatic carbocycles. The molecule has 0 radical (unpaired) electrons. The lowest BCUT2D eigenvalue weighted by Gasteiger charge is -2.53. The van der Waals surface area contributed by atoms with Crippen molar-refractivity contribution < 1.29 is 72.7 Å². The van der Waals surface area contributed by atoms with Gasteiger partial charge in [0.1, 0.15) is 29.2 Å². The first-order valence-corrected chi connectivity index (χ1v) is 20.1. The number of fused-ring (bicyclic) bond motifs is 4. The monoisotopic (exact) mass is 803 g/mol. The highest BCUT2D eigenvalue weighted by molar-refractivity contribution is 5.83. The molecule has 4 saturated heterocycles. The highest BCUT2D eigenvalue weighted by Gasteiger charge is 2.59. The Hall–Kier alpha value is -1.83. The largest absolute Gasteiger partial charge is 0.459 e. The Morgan fingerprint density at radius 2 is 1.61 bits per heavy atom. The number of aliphatic hydroxyl groups excluding tert-OH is 2. The quantitative estimate of drug-likeness (QED) is 0.284. The number of rotatable bonds is 6. The number of hydrogen-bond donors (Lipinski definition) is 4. The van der Waals surface area contributed by atoms with E-state index in [2.05, 4.69) is 0 Å². The number of esters is 2. The van der Waals surface area contributed by atoms with Crippen molar-refractivity contribution in [3.05, 3.63) is 0 Å². The molecule has 16 heteroatoms. The Labute approximate surface area is 331 Å². The van der Waals surface area contributed by atoms with Crippen molar-refractivity contribution in [1.29, 1.82) is 0 Å². The summed E-state index contributed by atoms with van der Waals surface area (Å²) >= 11 is 0. The highest BCUT2D eigenvalue weighted by Crippen LogP contribution is 2.45. The van der Waals surface area contributed by atoms with Gasteiger partial charge in [0.05, 0.1) is 61.1 Å². The van der Waals surface area contributed by atoms with Crippen LogP contribution in [0.15, 0.2) is 0 Å². The maximum atomic E-state index is 14.3. The molecule has 4 N–H and O–H groups in total. The Morgan fingerprint density at radius 3 is 2.20 bits per heavy atom. The van der Waals surface area contributed by atoms with E-state index in [0.717, 1.165) is 0 Å². The molecule has 16 nitrogen and oxygen atoms in total. The molecule has 4 aliphatic rings. The summed E-state index contributed by atoms with van der Waals surface area (Å²) in [6, 6.07) is -0.337. The van der Waals surface area contributed by atoms with Gasteiger partial charge >= 0.3 is 11.9 Å². The third-order valence-corrected chi connectivity index (χ3v) is 12.7. The summed E-state index contributed by atoms with van der Waals surface area (Å²) in [7, 11) is 5.16. The summed E-state index contributed by atoms with van der Waals surface area (Å²) in [4.78, 5) is 43.0. The van der Waals surface area contributed by atoms with E-state index in [4.69, 9.17) is 37.9 Å². The van der Waals surface area contributed by atoms with Crippen LogP contribution in [0.5, 0.6) is 0 Å². The Kier molecular flexibility index (Phi) is 14.9. The molecule has 0 aromatic heterocycles. The van der Waals surface area contributed by atoms with Gasteiger partial charge in [0.15, 0.2) is 12.4 Å². The van der Waals surface area contributed by atoms with Crippen LogP contribution >= 0.6 is 0 Å². The average Bonchev–Trinajstić information content (AvgIpc) is 3.12. The number of ketones is 1. The van der Waals surface area contributed by atoms with E-state index in [1.807, 2.05) is 25.9 Å². The van der Waals surface area contributed by atoms with Crippen LogP contribution in [-0.4, -0.2) is 155 Å². The van der Waals surface area contributed by atoms with Crippen molar-refractivity contribution in [2.75, 3.05) is 27.8 Å². The first-order chi connectivity index (χ1) is 25.8. The molecule has 0 saturated carbocycles. The second-order valence-corrected chi connectivity index (χ2v) is 17.7.